The summed E-state index contributed by atoms with van der Waals surface area (Å²) in [5.74, 6) is 0. The molecule has 56 valence electrons. The van der Waals surface area contributed by atoms with Crippen molar-refractivity contribution >= 4 is 18.5 Å². The van der Waals surface area contributed by atoms with E-state index in [0.29, 0.717) is 0 Å². The third-order valence-corrected chi connectivity index (χ3v) is 5.17. The maximum atomic E-state index is 4.21. The Labute approximate surface area is 69.6 Å². The molecule has 2 heterocycles. The van der Waals surface area contributed by atoms with Crippen LogP contribution < -0.4 is 4.59 Å². The third kappa shape index (κ3) is 1.39. The molecule has 0 N–H and O–H groups in total. The summed E-state index contributed by atoms with van der Waals surface area (Å²) in [7, 11) is 0. The van der Waals surface area contributed by atoms with Crippen LogP contribution in [0.25, 0.3) is 0 Å². The van der Waals surface area contributed by atoms with Gasteiger partial charge in [-0.1, -0.05) is 0 Å². The van der Waals surface area contributed by atoms with Gasteiger partial charge in [-0.2, -0.15) is 0 Å². The van der Waals surface area contributed by atoms with Crippen LogP contribution in [0.2, 0.25) is 0 Å². The van der Waals surface area contributed by atoms with Crippen molar-refractivity contribution in [3.05, 3.63) is 40.7 Å². The minimum absolute atomic E-state index is 1.02. The Morgan fingerprint density at radius 2 is 2.00 bits per heavy atom. The van der Waals surface area contributed by atoms with Crippen LogP contribution in [0.3, 0.4) is 0 Å². The summed E-state index contributed by atoms with van der Waals surface area (Å²) in [5.41, 5.74) is 0. The first kappa shape index (κ1) is 6.77. The van der Waals surface area contributed by atoms with Crippen LogP contribution in [0.4, 0.5) is 0 Å². The molecule has 0 saturated heterocycles. The Bertz CT molecular complexity index is 280. The van der Waals surface area contributed by atoms with Crippen molar-refractivity contribution in [1.82, 2.24) is 9.97 Å². The van der Waals surface area contributed by atoms with Gasteiger partial charge in [0, 0.05) is 0 Å². The Kier molecular flexibility index (Phi) is 1.84. The summed E-state index contributed by atoms with van der Waals surface area (Å²) in [6, 6.07) is 2.00. The van der Waals surface area contributed by atoms with Crippen molar-refractivity contribution in [2.75, 3.05) is 0 Å². The number of hydrogen-bond acceptors (Lipinski definition) is 2. The van der Waals surface area contributed by atoms with Crippen LogP contribution in [0.1, 0.15) is 0 Å². The molecule has 1 aliphatic heterocycles. The van der Waals surface area contributed by atoms with Gasteiger partial charge in [-0.15, -0.1) is 0 Å². The van der Waals surface area contributed by atoms with E-state index in [1.54, 1.807) is 12.5 Å². The molecule has 0 bridgehead atoms. The fourth-order valence-corrected chi connectivity index (χ4v) is 3.86. The second-order valence-electron chi connectivity index (χ2n) is 2.16. The van der Waals surface area contributed by atoms with Gasteiger partial charge in [-0.25, -0.2) is 0 Å². The summed E-state index contributed by atoms with van der Waals surface area (Å²) in [6.07, 6.45) is 7.62. The molecule has 1 aromatic rings. The molecule has 0 aliphatic carbocycles. The SMILES string of the molecule is C1=C[SeH](c2ccncn2)C=C1. The van der Waals surface area contributed by atoms with Gasteiger partial charge in [0.2, 0.25) is 0 Å². The molecule has 1 aliphatic rings. The monoisotopic (exact) mass is 212 g/mol. The van der Waals surface area contributed by atoms with Crippen molar-refractivity contribution in [1.29, 1.82) is 0 Å². The first-order valence-corrected chi connectivity index (χ1v) is 6.47. The molecule has 1 aromatic heterocycles. The Hall–Kier alpha value is -0.921. The molecule has 0 atom stereocenters. The second-order valence-corrected chi connectivity index (χ2v) is 6.08. The molecule has 0 amide bonds. The molecule has 0 aromatic carbocycles. The van der Waals surface area contributed by atoms with Crippen LogP contribution in [0.15, 0.2) is 40.7 Å². The summed E-state index contributed by atoms with van der Waals surface area (Å²) in [4.78, 5) is 12.6. The number of nitrogens with zero attached hydrogens (tertiary/aromatic N) is 2. The van der Waals surface area contributed by atoms with Crippen LogP contribution in [0, 0.1) is 0 Å². The van der Waals surface area contributed by atoms with Gasteiger partial charge >= 0.3 is 69.2 Å². The van der Waals surface area contributed by atoms with Gasteiger partial charge in [-0.05, 0) is 0 Å². The fourth-order valence-electron chi connectivity index (χ4n) is 0.924. The predicted octanol–water partition coefficient (Wildman–Crippen LogP) is 0.115. The molecule has 2 rings (SSSR count). The zero-order valence-corrected chi connectivity index (χ0v) is 7.76. The van der Waals surface area contributed by atoms with Gasteiger partial charge in [0.15, 0.2) is 0 Å². The van der Waals surface area contributed by atoms with Gasteiger partial charge in [0.25, 0.3) is 0 Å². The quantitative estimate of drug-likeness (QED) is 0.616. The average molecular weight is 211 g/mol. The summed E-state index contributed by atoms with van der Waals surface area (Å²) in [5, 5.41) is 0. The zero-order valence-electron chi connectivity index (χ0n) is 5.88. The molecule has 3 heteroatoms. The first-order chi connectivity index (χ1) is 5.47. The van der Waals surface area contributed by atoms with Crippen LogP contribution in [-0.2, 0) is 0 Å². The van der Waals surface area contributed by atoms with Crippen molar-refractivity contribution in [2.45, 2.75) is 0 Å². The van der Waals surface area contributed by atoms with E-state index in [2.05, 4.69) is 32.1 Å². The molecule has 0 unspecified atom stereocenters. The Balaban J connectivity index is 2.30. The van der Waals surface area contributed by atoms with Gasteiger partial charge in [0.05, 0.1) is 0 Å². The molecular weight excluding hydrogens is 203 g/mol. The van der Waals surface area contributed by atoms with Crippen molar-refractivity contribution < 1.29 is 0 Å². The average Bonchev–Trinajstić information content (AvgIpc) is 2.58. The summed E-state index contributed by atoms with van der Waals surface area (Å²) >= 11 is -1.02. The molecular formula is C8H8N2Se. The normalized spacial score (nSPS) is 17.6. The minimum atomic E-state index is -1.02. The topological polar surface area (TPSA) is 25.8 Å². The van der Waals surface area contributed by atoms with E-state index in [4.69, 9.17) is 0 Å². The van der Waals surface area contributed by atoms with E-state index in [1.807, 2.05) is 6.07 Å². The Morgan fingerprint density at radius 3 is 2.64 bits per heavy atom. The number of rotatable bonds is 1. The summed E-state index contributed by atoms with van der Waals surface area (Å²) in [6.45, 7) is 0. The first-order valence-electron chi connectivity index (χ1n) is 3.36. The van der Waals surface area contributed by atoms with E-state index in [1.165, 1.54) is 4.59 Å². The molecule has 0 radical (unpaired) electrons. The molecule has 0 fully saturated rings. The van der Waals surface area contributed by atoms with Crippen molar-refractivity contribution in [3.8, 4) is 0 Å². The van der Waals surface area contributed by atoms with Gasteiger partial charge < -0.3 is 0 Å². The standard InChI is InChI=1S/C8H8N2Se/c1-2-6-11(5-1)8-3-4-9-7-10-8/h1-7,11H. The van der Waals surface area contributed by atoms with Crippen molar-refractivity contribution in [3.63, 3.8) is 0 Å². The van der Waals surface area contributed by atoms with E-state index in [0.717, 1.165) is 0 Å². The molecule has 0 spiro atoms. The van der Waals surface area contributed by atoms with Crippen LogP contribution >= 0.6 is 0 Å². The Morgan fingerprint density at radius 1 is 1.18 bits per heavy atom. The van der Waals surface area contributed by atoms with Crippen LogP contribution in [-0.4, -0.2) is 23.9 Å². The van der Waals surface area contributed by atoms with E-state index in [9.17, 15) is 0 Å². The third-order valence-electron chi connectivity index (χ3n) is 1.44. The number of aromatic nitrogens is 2. The van der Waals surface area contributed by atoms with Gasteiger partial charge in [-0.3, -0.25) is 0 Å². The number of hydrogen-bond donors (Lipinski definition) is 0. The van der Waals surface area contributed by atoms with Crippen molar-refractivity contribution in [2.24, 2.45) is 0 Å². The van der Waals surface area contributed by atoms with E-state index >= 15 is 0 Å². The number of allylic oxidation sites excluding steroid dienone is 2. The van der Waals surface area contributed by atoms with Crippen LogP contribution in [0.5, 0.6) is 0 Å². The summed E-state index contributed by atoms with van der Waals surface area (Å²) < 4.78 is 1.21. The molecule has 2 nitrogen and oxygen atoms in total. The predicted molar refractivity (Wildman–Crippen MR) is 47.1 cm³/mol. The fraction of sp³-hybridized carbons (Fsp3) is 0. The van der Waals surface area contributed by atoms with Gasteiger partial charge in [0.1, 0.15) is 0 Å². The molecule has 0 saturated carbocycles. The van der Waals surface area contributed by atoms with E-state index < -0.39 is 13.9 Å². The maximum absolute atomic E-state index is 4.21. The molecule has 11 heavy (non-hydrogen) atoms. The second kappa shape index (κ2) is 2.99. The zero-order chi connectivity index (χ0) is 7.52. The van der Waals surface area contributed by atoms with E-state index in [-0.39, 0.29) is 0 Å².